The van der Waals surface area contributed by atoms with Crippen LogP contribution in [0.5, 0.6) is 0 Å². The van der Waals surface area contributed by atoms with Gasteiger partial charge in [0.05, 0.1) is 11.5 Å². The minimum atomic E-state index is -2.80. The lowest BCUT2D eigenvalue weighted by Crippen LogP contribution is -2.43. The molecule has 2 aliphatic rings. The summed E-state index contributed by atoms with van der Waals surface area (Å²) in [7, 11) is -2.80. The number of aliphatic imine (C=N–C) groups is 1. The molecular formula is C14H28IN3O2S. The maximum absolute atomic E-state index is 11.5. The summed E-state index contributed by atoms with van der Waals surface area (Å²) in [6.07, 6.45) is 2.99. The van der Waals surface area contributed by atoms with Crippen molar-refractivity contribution in [1.82, 2.24) is 10.6 Å². The van der Waals surface area contributed by atoms with Crippen molar-refractivity contribution in [3.63, 3.8) is 0 Å². The smallest absolute Gasteiger partial charge is 0.191 e. The second kappa shape index (κ2) is 7.99. The lowest BCUT2D eigenvalue weighted by Gasteiger charge is -2.17. The molecule has 124 valence electrons. The van der Waals surface area contributed by atoms with Crippen molar-refractivity contribution in [3.05, 3.63) is 0 Å². The molecule has 0 radical (unpaired) electrons. The molecule has 5 nitrogen and oxygen atoms in total. The fraction of sp³-hybridized carbons (Fsp3) is 0.929. The van der Waals surface area contributed by atoms with E-state index in [-0.39, 0.29) is 29.9 Å². The van der Waals surface area contributed by atoms with E-state index in [4.69, 9.17) is 0 Å². The van der Waals surface area contributed by atoms with Gasteiger partial charge in [0.25, 0.3) is 0 Å². The molecule has 1 aliphatic heterocycles. The zero-order valence-corrected chi connectivity index (χ0v) is 16.3. The summed E-state index contributed by atoms with van der Waals surface area (Å²) >= 11 is 0. The first kappa shape index (κ1) is 19.0. The molecule has 2 N–H and O–H groups in total. The van der Waals surface area contributed by atoms with Crippen LogP contribution in [0.25, 0.3) is 0 Å². The Morgan fingerprint density at radius 1 is 1.43 bits per heavy atom. The second-order valence-corrected chi connectivity index (χ2v) is 8.60. The standard InChI is InChI=1S/C14H27N3O2S.HI/c1-4-11(3)16-14(17-13-7-10(13)2)15-8-12-5-6-20(18,19)9-12;/h10-13H,4-9H2,1-3H3,(H2,15,16,17);1H. The van der Waals surface area contributed by atoms with Gasteiger partial charge >= 0.3 is 0 Å². The van der Waals surface area contributed by atoms with Crippen LogP contribution in [-0.4, -0.2) is 44.5 Å². The van der Waals surface area contributed by atoms with Crippen LogP contribution < -0.4 is 10.6 Å². The predicted octanol–water partition coefficient (Wildman–Crippen LogP) is 1.78. The molecule has 2 rings (SSSR count). The molecular weight excluding hydrogens is 401 g/mol. The van der Waals surface area contributed by atoms with Crippen LogP contribution in [-0.2, 0) is 9.84 Å². The van der Waals surface area contributed by atoms with Crippen LogP contribution in [0, 0.1) is 11.8 Å². The first-order chi connectivity index (χ1) is 9.39. The number of halogens is 1. The summed E-state index contributed by atoms with van der Waals surface area (Å²) < 4.78 is 22.9. The minimum absolute atomic E-state index is 0. The Labute approximate surface area is 145 Å². The van der Waals surface area contributed by atoms with Crippen LogP contribution in [0.15, 0.2) is 4.99 Å². The Balaban J connectivity index is 0.00000220. The molecule has 0 bridgehead atoms. The van der Waals surface area contributed by atoms with E-state index < -0.39 is 9.84 Å². The van der Waals surface area contributed by atoms with Crippen molar-refractivity contribution in [2.24, 2.45) is 16.8 Å². The number of nitrogens with one attached hydrogen (secondary N) is 2. The van der Waals surface area contributed by atoms with Gasteiger partial charge in [0.1, 0.15) is 0 Å². The van der Waals surface area contributed by atoms with E-state index in [9.17, 15) is 8.42 Å². The minimum Gasteiger partial charge on any atom is -0.354 e. The monoisotopic (exact) mass is 429 g/mol. The largest absolute Gasteiger partial charge is 0.354 e. The molecule has 0 amide bonds. The number of guanidine groups is 1. The molecule has 1 saturated carbocycles. The number of hydrogen-bond donors (Lipinski definition) is 2. The molecule has 0 spiro atoms. The third-order valence-electron chi connectivity index (χ3n) is 4.26. The Hall–Kier alpha value is -0.0500. The second-order valence-electron chi connectivity index (χ2n) is 6.38. The zero-order valence-electron chi connectivity index (χ0n) is 13.1. The molecule has 2 fully saturated rings. The van der Waals surface area contributed by atoms with Crippen molar-refractivity contribution in [3.8, 4) is 0 Å². The Morgan fingerprint density at radius 3 is 2.57 bits per heavy atom. The number of rotatable bonds is 5. The molecule has 1 aliphatic carbocycles. The Morgan fingerprint density at radius 2 is 2.10 bits per heavy atom. The molecule has 21 heavy (non-hydrogen) atoms. The third kappa shape index (κ3) is 6.30. The first-order valence-electron chi connectivity index (χ1n) is 7.67. The quantitative estimate of drug-likeness (QED) is 0.397. The summed E-state index contributed by atoms with van der Waals surface area (Å²) in [6.45, 7) is 7.10. The molecule has 7 heteroatoms. The Bertz CT molecular complexity index is 459. The van der Waals surface area contributed by atoms with Gasteiger partial charge in [0, 0.05) is 18.6 Å². The highest BCUT2D eigenvalue weighted by atomic mass is 127. The van der Waals surface area contributed by atoms with E-state index in [1.165, 1.54) is 6.42 Å². The van der Waals surface area contributed by atoms with Gasteiger partial charge in [-0.05, 0) is 38.0 Å². The molecule has 0 aromatic rings. The maximum Gasteiger partial charge on any atom is 0.191 e. The summed E-state index contributed by atoms with van der Waals surface area (Å²) in [4.78, 5) is 4.60. The maximum atomic E-state index is 11.5. The highest BCUT2D eigenvalue weighted by Crippen LogP contribution is 2.28. The van der Waals surface area contributed by atoms with E-state index in [1.54, 1.807) is 0 Å². The van der Waals surface area contributed by atoms with Gasteiger partial charge in [-0.3, -0.25) is 4.99 Å². The molecule has 1 heterocycles. The summed E-state index contributed by atoms with van der Waals surface area (Å²) in [6, 6.07) is 0.903. The SMILES string of the molecule is CCC(C)NC(=NCC1CCS(=O)(=O)C1)NC1CC1C.I. The van der Waals surface area contributed by atoms with Gasteiger partial charge < -0.3 is 10.6 Å². The van der Waals surface area contributed by atoms with E-state index in [2.05, 4.69) is 36.4 Å². The van der Waals surface area contributed by atoms with Crippen molar-refractivity contribution in [2.75, 3.05) is 18.1 Å². The molecule has 0 aromatic carbocycles. The van der Waals surface area contributed by atoms with Crippen LogP contribution >= 0.6 is 24.0 Å². The number of hydrogen-bond acceptors (Lipinski definition) is 3. The van der Waals surface area contributed by atoms with E-state index in [0.29, 0.717) is 36.1 Å². The molecule has 4 atom stereocenters. The topological polar surface area (TPSA) is 70.6 Å². The van der Waals surface area contributed by atoms with Gasteiger partial charge in [-0.2, -0.15) is 0 Å². The van der Waals surface area contributed by atoms with Gasteiger partial charge in [-0.15, -0.1) is 24.0 Å². The van der Waals surface area contributed by atoms with Crippen LogP contribution in [0.2, 0.25) is 0 Å². The van der Waals surface area contributed by atoms with Gasteiger partial charge in [-0.1, -0.05) is 13.8 Å². The lowest BCUT2D eigenvalue weighted by atomic mass is 10.1. The molecule has 0 aromatic heterocycles. The van der Waals surface area contributed by atoms with E-state index in [0.717, 1.165) is 18.8 Å². The summed E-state index contributed by atoms with van der Waals surface area (Å²) in [5, 5.41) is 6.83. The van der Waals surface area contributed by atoms with E-state index in [1.807, 2.05) is 0 Å². The number of sulfone groups is 1. The van der Waals surface area contributed by atoms with Crippen molar-refractivity contribution >= 4 is 39.8 Å². The van der Waals surface area contributed by atoms with Crippen LogP contribution in [0.4, 0.5) is 0 Å². The summed E-state index contributed by atoms with van der Waals surface area (Å²) in [5.74, 6) is 2.37. The fourth-order valence-corrected chi connectivity index (χ4v) is 4.25. The van der Waals surface area contributed by atoms with Crippen LogP contribution in [0.1, 0.15) is 40.0 Å². The first-order valence-corrected chi connectivity index (χ1v) is 9.49. The Kier molecular flexibility index (Phi) is 7.23. The number of nitrogens with zero attached hydrogens (tertiary/aromatic N) is 1. The van der Waals surface area contributed by atoms with Crippen LogP contribution in [0.3, 0.4) is 0 Å². The normalized spacial score (nSPS) is 32.1. The van der Waals surface area contributed by atoms with Crippen molar-refractivity contribution in [1.29, 1.82) is 0 Å². The highest BCUT2D eigenvalue weighted by Gasteiger charge is 2.33. The third-order valence-corrected chi connectivity index (χ3v) is 6.10. The fourth-order valence-electron chi connectivity index (χ4n) is 2.40. The lowest BCUT2D eigenvalue weighted by molar-refractivity contribution is 0.582. The average Bonchev–Trinajstić information content (AvgIpc) is 2.95. The average molecular weight is 429 g/mol. The van der Waals surface area contributed by atoms with Crippen molar-refractivity contribution in [2.45, 2.75) is 52.1 Å². The zero-order chi connectivity index (χ0) is 14.8. The van der Waals surface area contributed by atoms with Gasteiger partial charge in [0.15, 0.2) is 15.8 Å². The predicted molar refractivity (Wildman–Crippen MR) is 98.1 cm³/mol. The van der Waals surface area contributed by atoms with Crippen molar-refractivity contribution < 1.29 is 8.42 Å². The highest BCUT2D eigenvalue weighted by molar-refractivity contribution is 14.0. The summed E-state index contributed by atoms with van der Waals surface area (Å²) in [5.41, 5.74) is 0. The van der Waals surface area contributed by atoms with Gasteiger partial charge in [-0.25, -0.2) is 8.42 Å². The molecule has 4 unspecified atom stereocenters. The molecule has 1 saturated heterocycles. The van der Waals surface area contributed by atoms with Gasteiger partial charge in [0.2, 0.25) is 0 Å². The van der Waals surface area contributed by atoms with E-state index >= 15 is 0 Å².